The largest absolute Gasteiger partial charge is 1.00 e. The van der Waals surface area contributed by atoms with Gasteiger partial charge in [0.2, 0.25) is 0 Å². The van der Waals surface area contributed by atoms with Crippen LogP contribution in [0.4, 0.5) is 0 Å². The Morgan fingerprint density at radius 1 is 1.38 bits per heavy atom. The van der Waals surface area contributed by atoms with Crippen molar-refractivity contribution in [3.05, 3.63) is 27.2 Å². The number of halogens is 2. The van der Waals surface area contributed by atoms with E-state index in [9.17, 15) is 18.7 Å². The maximum absolute atomic E-state index is 10.6. The molecule has 0 saturated carbocycles. The molecule has 1 rings (SSSR count). The molecule has 0 amide bonds. The van der Waals surface area contributed by atoms with Gasteiger partial charge in [0.1, 0.15) is 0 Å². The SMILES string of the molecule is O=C([O-])c1cc(S(=O)[O-])c(Br)cc1Cl.[Na+].[Na+]. The molecule has 0 aromatic heterocycles. The van der Waals surface area contributed by atoms with Crippen molar-refractivity contribution in [2.75, 3.05) is 0 Å². The van der Waals surface area contributed by atoms with Crippen molar-refractivity contribution in [3.63, 3.8) is 0 Å². The molecule has 0 bridgehead atoms. The smallest absolute Gasteiger partial charge is 0.768 e. The second-order valence-electron chi connectivity index (χ2n) is 2.28. The predicted molar refractivity (Wildman–Crippen MR) is 50.7 cm³/mol. The van der Waals surface area contributed by atoms with Crippen molar-refractivity contribution in [3.8, 4) is 0 Å². The molecule has 76 valence electrons. The second-order valence-corrected chi connectivity index (χ2v) is 4.46. The van der Waals surface area contributed by atoms with Crippen molar-refractivity contribution >= 4 is 44.6 Å². The van der Waals surface area contributed by atoms with Crippen molar-refractivity contribution in [1.29, 1.82) is 0 Å². The molecule has 4 nitrogen and oxygen atoms in total. The van der Waals surface area contributed by atoms with Gasteiger partial charge in [-0.3, -0.25) is 4.21 Å². The summed E-state index contributed by atoms with van der Waals surface area (Å²) >= 11 is 5.97. The molecule has 0 fully saturated rings. The number of carbonyl (C=O) groups is 1. The topological polar surface area (TPSA) is 80.3 Å². The molecule has 9 heteroatoms. The Morgan fingerprint density at radius 3 is 2.25 bits per heavy atom. The van der Waals surface area contributed by atoms with E-state index in [1.807, 2.05) is 0 Å². The maximum atomic E-state index is 10.6. The van der Waals surface area contributed by atoms with Gasteiger partial charge >= 0.3 is 59.1 Å². The van der Waals surface area contributed by atoms with E-state index in [4.69, 9.17) is 11.6 Å². The number of aromatic carboxylic acids is 1. The molecule has 0 aliphatic rings. The van der Waals surface area contributed by atoms with Crippen LogP contribution in [0.25, 0.3) is 0 Å². The standard InChI is InChI=1S/C7H4BrClO4S.2Na/c8-4-2-5(9)3(7(10)11)1-6(4)14(12)13;;/h1-2H,(H,10,11)(H,12,13);;/q;2*+1/p-2. The summed E-state index contributed by atoms with van der Waals surface area (Å²) < 4.78 is 21.5. The van der Waals surface area contributed by atoms with Crippen molar-refractivity contribution in [2.24, 2.45) is 0 Å². The Kier molecular flexibility index (Phi) is 10.7. The van der Waals surface area contributed by atoms with Crippen LogP contribution in [0.5, 0.6) is 0 Å². The van der Waals surface area contributed by atoms with Gasteiger partial charge in [-0.1, -0.05) is 11.6 Å². The summed E-state index contributed by atoms with van der Waals surface area (Å²) in [7, 11) is 0. The molecule has 0 saturated heterocycles. The number of rotatable bonds is 2. The Bertz CT molecular complexity index is 394. The minimum Gasteiger partial charge on any atom is -0.768 e. The molecule has 0 aliphatic carbocycles. The van der Waals surface area contributed by atoms with Crippen molar-refractivity contribution in [2.45, 2.75) is 4.90 Å². The van der Waals surface area contributed by atoms with Crippen LogP contribution in [0.2, 0.25) is 5.02 Å². The first kappa shape index (κ1) is 19.9. The number of benzene rings is 1. The minimum atomic E-state index is -2.52. The average Bonchev–Trinajstić information content (AvgIpc) is 2.02. The fourth-order valence-corrected chi connectivity index (χ4v) is 2.36. The van der Waals surface area contributed by atoms with Crippen LogP contribution in [-0.2, 0) is 11.1 Å². The number of carbonyl (C=O) groups excluding carboxylic acids is 1. The Labute approximate surface area is 152 Å². The summed E-state index contributed by atoms with van der Waals surface area (Å²) in [4.78, 5) is 10.3. The average molecular weight is 343 g/mol. The third-order valence-electron chi connectivity index (χ3n) is 1.42. The Hall–Kier alpha value is 1.57. The minimum absolute atomic E-state index is 0. The molecule has 1 aromatic rings. The zero-order valence-electron chi connectivity index (χ0n) is 8.45. The van der Waals surface area contributed by atoms with E-state index >= 15 is 0 Å². The van der Waals surface area contributed by atoms with Crippen molar-refractivity contribution in [1.82, 2.24) is 0 Å². The van der Waals surface area contributed by atoms with Gasteiger partial charge in [-0.15, -0.1) is 0 Å². The summed E-state index contributed by atoms with van der Waals surface area (Å²) in [5.41, 5.74) is -0.353. The van der Waals surface area contributed by atoms with E-state index in [-0.39, 0.29) is 79.1 Å². The van der Waals surface area contributed by atoms with E-state index in [2.05, 4.69) is 15.9 Å². The van der Waals surface area contributed by atoms with E-state index in [0.29, 0.717) is 0 Å². The number of carboxylic acid groups (broad SMARTS) is 1. The van der Waals surface area contributed by atoms with Gasteiger partial charge in [0.25, 0.3) is 0 Å². The summed E-state index contributed by atoms with van der Waals surface area (Å²) in [6.45, 7) is 0. The molecular weight excluding hydrogens is 341 g/mol. The zero-order valence-corrected chi connectivity index (χ0v) is 15.6. The van der Waals surface area contributed by atoms with Crippen molar-refractivity contribution < 1.29 is 77.8 Å². The molecule has 0 spiro atoms. The van der Waals surface area contributed by atoms with Crippen LogP contribution in [-0.4, -0.2) is 14.7 Å². The number of hydrogen-bond acceptors (Lipinski definition) is 4. The van der Waals surface area contributed by atoms with Crippen LogP contribution in [0.15, 0.2) is 21.5 Å². The molecule has 0 heterocycles. The number of hydrogen-bond donors (Lipinski definition) is 0. The van der Waals surface area contributed by atoms with Gasteiger partial charge in [0.15, 0.2) is 0 Å². The molecule has 0 N–H and O–H groups in total. The number of carboxylic acids is 1. The first-order valence-corrected chi connectivity index (χ1v) is 5.47. The molecule has 1 aromatic carbocycles. The normalized spacial score (nSPS) is 10.9. The third kappa shape index (κ3) is 5.06. The fraction of sp³-hybridized carbons (Fsp3) is 0. The first-order chi connectivity index (χ1) is 6.43. The van der Waals surface area contributed by atoms with E-state index in [0.717, 1.165) is 6.07 Å². The first-order valence-electron chi connectivity index (χ1n) is 3.23. The molecular formula is C7H2BrClNa2O4S. The fourth-order valence-electron chi connectivity index (χ4n) is 0.813. The van der Waals surface area contributed by atoms with Crippen LogP contribution < -0.4 is 64.2 Å². The van der Waals surface area contributed by atoms with Gasteiger partial charge in [0, 0.05) is 14.9 Å². The molecule has 1 unspecified atom stereocenters. The van der Waals surface area contributed by atoms with Gasteiger partial charge < -0.3 is 14.5 Å². The van der Waals surface area contributed by atoms with Crippen LogP contribution in [0.1, 0.15) is 10.4 Å². The predicted octanol–water partition coefficient (Wildman–Crippen LogP) is -5.29. The Balaban J connectivity index is 0. The maximum Gasteiger partial charge on any atom is 1.00 e. The van der Waals surface area contributed by atoms with E-state index in [1.54, 1.807) is 0 Å². The van der Waals surface area contributed by atoms with Gasteiger partial charge in [0.05, 0.1) is 11.0 Å². The summed E-state index contributed by atoms with van der Waals surface area (Å²) in [5.74, 6) is -1.52. The van der Waals surface area contributed by atoms with Crippen LogP contribution in [0, 0.1) is 0 Å². The van der Waals surface area contributed by atoms with Gasteiger partial charge in [-0.2, -0.15) is 0 Å². The molecule has 1 atom stereocenters. The van der Waals surface area contributed by atoms with Crippen LogP contribution in [0.3, 0.4) is 0 Å². The Morgan fingerprint density at radius 2 is 1.88 bits per heavy atom. The van der Waals surface area contributed by atoms with Crippen LogP contribution >= 0.6 is 27.5 Å². The van der Waals surface area contributed by atoms with E-state index in [1.165, 1.54) is 6.07 Å². The molecule has 16 heavy (non-hydrogen) atoms. The second kappa shape index (κ2) is 8.63. The third-order valence-corrected chi connectivity index (χ3v) is 3.35. The molecule has 0 radical (unpaired) electrons. The molecule has 0 aliphatic heterocycles. The van der Waals surface area contributed by atoms with E-state index < -0.39 is 17.0 Å². The monoisotopic (exact) mass is 342 g/mol. The summed E-state index contributed by atoms with van der Waals surface area (Å²) in [6, 6.07) is 2.13. The summed E-state index contributed by atoms with van der Waals surface area (Å²) in [6.07, 6.45) is 0. The van der Waals surface area contributed by atoms with Gasteiger partial charge in [-0.05, 0) is 39.1 Å². The van der Waals surface area contributed by atoms with Gasteiger partial charge in [-0.25, -0.2) is 0 Å². The quantitative estimate of drug-likeness (QED) is 0.397. The summed E-state index contributed by atoms with van der Waals surface area (Å²) in [5, 5.41) is 10.4. The zero-order chi connectivity index (χ0) is 10.9.